The third-order valence-corrected chi connectivity index (χ3v) is 6.94. The van der Waals surface area contributed by atoms with Crippen LogP contribution in [0.15, 0.2) is 134 Å². The highest BCUT2D eigenvalue weighted by Gasteiger charge is 2.23. The lowest BCUT2D eigenvalue weighted by Gasteiger charge is -2.10. The lowest BCUT2D eigenvalue weighted by molar-refractivity contribution is 0.0969. The van der Waals surface area contributed by atoms with Gasteiger partial charge in [-0.3, -0.25) is 9.36 Å². The highest BCUT2D eigenvalue weighted by atomic mass is 16.2. The standard InChI is InChI=1S/C33H22N2O/c36-33(24-14-6-2-7-15-24)35-30-19-11-10-18-26(30)27-20-21-28-29(23-12-4-1-5-13-23)22-34(31(28)32(27)35)25-16-8-3-9-17-25/h1-22H. The molecule has 0 aliphatic carbocycles. The Morgan fingerprint density at radius 1 is 0.528 bits per heavy atom. The molecular weight excluding hydrogens is 440 g/mol. The molecule has 0 amide bonds. The predicted octanol–water partition coefficient (Wildman–Crippen LogP) is 8.09. The van der Waals surface area contributed by atoms with Gasteiger partial charge >= 0.3 is 0 Å². The Kier molecular flexibility index (Phi) is 4.61. The van der Waals surface area contributed by atoms with Crippen molar-refractivity contribution in [2.75, 3.05) is 0 Å². The van der Waals surface area contributed by atoms with E-state index in [1.807, 2.05) is 77.4 Å². The number of rotatable bonds is 3. The number of aromatic nitrogens is 2. The SMILES string of the molecule is O=C(c1ccccc1)n1c2ccccc2c2ccc3c(-c4ccccc4)cn(-c4ccccc4)c3c21. The Morgan fingerprint density at radius 2 is 1.14 bits per heavy atom. The molecule has 2 aromatic heterocycles. The first-order valence-electron chi connectivity index (χ1n) is 12.1. The predicted molar refractivity (Wildman–Crippen MR) is 148 cm³/mol. The molecular formula is C33H22N2O. The quantitative estimate of drug-likeness (QED) is 0.261. The number of carbonyl (C=O) groups excluding carboxylic acids is 1. The van der Waals surface area contributed by atoms with Crippen LogP contribution in [0.4, 0.5) is 0 Å². The summed E-state index contributed by atoms with van der Waals surface area (Å²) < 4.78 is 4.13. The normalized spacial score (nSPS) is 11.4. The van der Waals surface area contributed by atoms with Gasteiger partial charge in [-0.2, -0.15) is 0 Å². The minimum atomic E-state index is -0.0311. The van der Waals surface area contributed by atoms with Crippen LogP contribution in [0.1, 0.15) is 10.4 Å². The van der Waals surface area contributed by atoms with Crippen molar-refractivity contribution in [1.82, 2.24) is 9.13 Å². The van der Waals surface area contributed by atoms with Crippen molar-refractivity contribution in [3.05, 3.63) is 139 Å². The number of carbonyl (C=O) groups is 1. The zero-order valence-electron chi connectivity index (χ0n) is 19.5. The Balaban J connectivity index is 1.68. The lowest BCUT2D eigenvalue weighted by atomic mass is 10.0. The van der Waals surface area contributed by atoms with Gasteiger partial charge in [0, 0.05) is 39.2 Å². The average molecular weight is 463 g/mol. The maximum atomic E-state index is 14.1. The second-order valence-corrected chi connectivity index (χ2v) is 9.00. The van der Waals surface area contributed by atoms with Gasteiger partial charge < -0.3 is 4.57 Å². The van der Waals surface area contributed by atoms with E-state index in [2.05, 4.69) is 65.4 Å². The maximum Gasteiger partial charge on any atom is 0.262 e. The van der Waals surface area contributed by atoms with E-state index in [4.69, 9.17) is 0 Å². The molecule has 0 saturated heterocycles. The fourth-order valence-corrected chi connectivity index (χ4v) is 5.33. The number of hydrogen-bond acceptors (Lipinski definition) is 1. The lowest BCUT2D eigenvalue weighted by Crippen LogP contribution is -2.12. The number of para-hydroxylation sites is 2. The van der Waals surface area contributed by atoms with Crippen LogP contribution in [0.5, 0.6) is 0 Å². The summed E-state index contributed by atoms with van der Waals surface area (Å²) in [6.45, 7) is 0. The monoisotopic (exact) mass is 462 g/mol. The van der Waals surface area contributed by atoms with Crippen molar-refractivity contribution >= 4 is 38.6 Å². The topological polar surface area (TPSA) is 26.9 Å². The summed E-state index contributed by atoms with van der Waals surface area (Å²) in [7, 11) is 0. The van der Waals surface area contributed by atoms with Crippen LogP contribution in [0.2, 0.25) is 0 Å². The van der Waals surface area contributed by atoms with Crippen LogP contribution < -0.4 is 0 Å². The van der Waals surface area contributed by atoms with Crippen LogP contribution in [0.3, 0.4) is 0 Å². The molecule has 0 atom stereocenters. The van der Waals surface area contributed by atoms with E-state index in [1.54, 1.807) is 0 Å². The van der Waals surface area contributed by atoms with Gasteiger partial charge in [0.25, 0.3) is 5.91 Å². The van der Waals surface area contributed by atoms with E-state index in [1.165, 1.54) is 0 Å². The zero-order valence-corrected chi connectivity index (χ0v) is 19.5. The highest BCUT2D eigenvalue weighted by Crippen LogP contribution is 2.40. The third kappa shape index (κ3) is 3.03. The molecule has 170 valence electrons. The van der Waals surface area contributed by atoms with E-state index >= 15 is 0 Å². The Labute approximate surface area is 208 Å². The molecule has 0 bridgehead atoms. The van der Waals surface area contributed by atoms with E-state index in [0.29, 0.717) is 5.56 Å². The number of benzene rings is 5. The minimum absolute atomic E-state index is 0.0311. The van der Waals surface area contributed by atoms with E-state index < -0.39 is 0 Å². The minimum Gasteiger partial charge on any atom is -0.314 e. The van der Waals surface area contributed by atoms with Crippen molar-refractivity contribution in [2.45, 2.75) is 0 Å². The third-order valence-electron chi connectivity index (χ3n) is 6.94. The summed E-state index contributed by atoms with van der Waals surface area (Å²) in [5, 5.41) is 3.25. The van der Waals surface area contributed by atoms with Gasteiger partial charge in [0.05, 0.1) is 16.6 Å². The molecule has 0 radical (unpaired) electrons. The van der Waals surface area contributed by atoms with Gasteiger partial charge in [-0.1, -0.05) is 97.1 Å². The molecule has 7 rings (SSSR count). The van der Waals surface area contributed by atoms with Crippen molar-refractivity contribution in [3.63, 3.8) is 0 Å². The van der Waals surface area contributed by atoms with Crippen molar-refractivity contribution in [1.29, 1.82) is 0 Å². The second-order valence-electron chi connectivity index (χ2n) is 9.00. The molecule has 36 heavy (non-hydrogen) atoms. The summed E-state index contributed by atoms with van der Waals surface area (Å²) in [5.41, 5.74) is 6.87. The molecule has 0 aliphatic rings. The Morgan fingerprint density at radius 3 is 1.89 bits per heavy atom. The summed E-state index contributed by atoms with van der Waals surface area (Å²) in [6, 6.07) is 42.9. The van der Waals surface area contributed by atoms with Gasteiger partial charge in [-0.25, -0.2) is 0 Å². The molecule has 3 heteroatoms. The smallest absolute Gasteiger partial charge is 0.262 e. The summed E-state index contributed by atoms with van der Waals surface area (Å²) in [4.78, 5) is 14.1. The fraction of sp³-hybridized carbons (Fsp3) is 0. The molecule has 0 saturated carbocycles. The largest absolute Gasteiger partial charge is 0.314 e. The average Bonchev–Trinajstić information content (AvgIpc) is 3.50. The first-order valence-corrected chi connectivity index (χ1v) is 12.1. The fourth-order valence-electron chi connectivity index (χ4n) is 5.33. The number of nitrogens with zero attached hydrogens (tertiary/aromatic N) is 2. The molecule has 2 heterocycles. The summed E-state index contributed by atoms with van der Waals surface area (Å²) in [6.07, 6.45) is 2.20. The van der Waals surface area contributed by atoms with Crippen molar-refractivity contribution < 1.29 is 4.79 Å². The van der Waals surface area contributed by atoms with Crippen LogP contribution in [0, 0.1) is 0 Å². The van der Waals surface area contributed by atoms with Crippen LogP contribution in [-0.2, 0) is 0 Å². The molecule has 0 unspecified atom stereocenters. The molecule has 3 nitrogen and oxygen atoms in total. The molecule has 0 aliphatic heterocycles. The van der Waals surface area contributed by atoms with E-state index in [9.17, 15) is 4.79 Å². The van der Waals surface area contributed by atoms with Gasteiger partial charge in [0.15, 0.2) is 0 Å². The molecule has 7 aromatic rings. The van der Waals surface area contributed by atoms with Gasteiger partial charge in [0.2, 0.25) is 0 Å². The molecule has 5 aromatic carbocycles. The van der Waals surface area contributed by atoms with Crippen LogP contribution >= 0.6 is 0 Å². The highest BCUT2D eigenvalue weighted by molar-refractivity contribution is 6.24. The second kappa shape index (κ2) is 8.10. The van der Waals surface area contributed by atoms with Gasteiger partial charge in [-0.05, 0) is 35.9 Å². The first-order chi connectivity index (χ1) is 17.8. The van der Waals surface area contributed by atoms with Gasteiger partial charge in [0.1, 0.15) is 0 Å². The molecule has 0 fully saturated rings. The first kappa shape index (κ1) is 20.5. The van der Waals surface area contributed by atoms with Crippen molar-refractivity contribution in [2.24, 2.45) is 0 Å². The summed E-state index contributed by atoms with van der Waals surface area (Å²) >= 11 is 0. The van der Waals surface area contributed by atoms with Crippen LogP contribution in [-0.4, -0.2) is 15.0 Å². The molecule has 0 N–H and O–H groups in total. The molecule has 0 spiro atoms. The number of hydrogen-bond donors (Lipinski definition) is 0. The Hall–Kier alpha value is -4.89. The zero-order chi connectivity index (χ0) is 24.1. The van der Waals surface area contributed by atoms with E-state index in [-0.39, 0.29) is 5.91 Å². The van der Waals surface area contributed by atoms with Crippen molar-refractivity contribution in [3.8, 4) is 16.8 Å². The Bertz CT molecular complexity index is 1880. The maximum absolute atomic E-state index is 14.1. The summed E-state index contributed by atoms with van der Waals surface area (Å²) in [5.74, 6) is -0.0311. The number of fused-ring (bicyclic) bond motifs is 5. The van der Waals surface area contributed by atoms with Crippen LogP contribution in [0.25, 0.3) is 49.5 Å². The van der Waals surface area contributed by atoms with E-state index in [0.717, 1.165) is 49.5 Å². The van der Waals surface area contributed by atoms with Gasteiger partial charge in [-0.15, -0.1) is 0 Å².